The van der Waals surface area contributed by atoms with Gasteiger partial charge in [-0.2, -0.15) is 13.2 Å². The smallest absolute Gasteiger partial charge is 0.296 e. The fourth-order valence-electron chi connectivity index (χ4n) is 1.64. The maximum atomic E-state index is 13.6. The zero-order valence-electron chi connectivity index (χ0n) is 9.66. The van der Waals surface area contributed by atoms with Crippen molar-refractivity contribution in [3.8, 4) is 0 Å². The lowest BCUT2D eigenvalue weighted by Crippen LogP contribution is -2.17. The predicted molar refractivity (Wildman–Crippen MR) is 60.9 cm³/mol. The van der Waals surface area contributed by atoms with Gasteiger partial charge in [-0.15, -0.1) is 5.10 Å². The average molecular weight is 308 g/mol. The predicted octanol–water partition coefficient (Wildman–Crippen LogP) is 2.95. The molecule has 0 saturated heterocycles. The van der Waals surface area contributed by atoms with Gasteiger partial charge in [0.2, 0.25) is 0 Å². The summed E-state index contributed by atoms with van der Waals surface area (Å²) in [5.74, 6) is -0.770. The van der Waals surface area contributed by atoms with Gasteiger partial charge in [0.05, 0.1) is 6.54 Å². The highest BCUT2D eigenvalue weighted by atomic mass is 35.5. The van der Waals surface area contributed by atoms with E-state index in [1.165, 1.54) is 12.1 Å². The van der Waals surface area contributed by atoms with E-state index in [1.807, 2.05) is 0 Å². The molecule has 0 amide bonds. The van der Waals surface area contributed by atoms with E-state index in [4.69, 9.17) is 11.6 Å². The number of hydrogen-bond acceptors (Lipinski definition) is 3. The molecule has 0 aliphatic heterocycles. The summed E-state index contributed by atoms with van der Waals surface area (Å²) in [6.07, 6.45) is -4.90. The summed E-state index contributed by atoms with van der Waals surface area (Å²) in [5, 5.41) is 6.30. The first kappa shape index (κ1) is 14.4. The topological polar surface area (TPSA) is 47.8 Å². The number of carbonyl (C=O) groups is 1. The van der Waals surface area contributed by atoms with E-state index < -0.39 is 29.9 Å². The van der Waals surface area contributed by atoms with Crippen molar-refractivity contribution in [1.82, 2.24) is 15.0 Å². The monoisotopic (exact) mass is 307 g/mol. The van der Waals surface area contributed by atoms with Crippen LogP contribution in [0.2, 0.25) is 5.02 Å². The molecule has 0 unspecified atom stereocenters. The zero-order chi connectivity index (χ0) is 14.9. The van der Waals surface area contributed by atoms with Crippen molar-refractivity contribution in [3.63, 3.8) is 0 Å². The van der Waals surface area contributed by atoms with Gasteiger partial charge in [0, 0.05) is 10.6 Å². The minimum Gasteiger partial charge on any atom is -0.296 e. The van der Waals surface area contributed by atoms with Crippen LogP contribution in [0.4, 0.5) is 17.6 Å². The molecule has 0 aliphatic rings. The first-order valence-electron chi connectivity index (χ1n) is 5.23. The number of hydrogen-bond donors (Lipinski definition) is 0. The Labute approximate surface area is 115 Å². The quantitative estimate of drug-likeness (QED) is 0.647. The zero-order valence-corrected chi connectivity index (χ0v) is 10.4. The fraction of sp³-hybridized carbons (Fsp3) is 0.182. The number of aromatic nitrogens is 3. The summed E-state index contributed by atoms with van der Waals surface area (Å²) in [6.45, 7) is -0.582. The molecule has 106 valence electrons. The van der Waals surface area contributed by atoms with Crippen molar-refractivity contribution in [1.29, 1.82) is 0 Å². The van der Waals surface area contributed by atoms with Crippen LogP contribution in [0.1, 0.15) is 21.7 Å². The minimum atomic E-state index is -4.84. The van der Waals surface area contributed by atoms with Crippen LogP contribution in [0.15, 0.2) is 18.2 Å². The van der Waals surface area contributed by atoms with Crippen LogP contribution < -0.4 is 0 Å². The van der Waals surface area contributed by atoms with Crippen LogP contribution in [-0.4, -0.2) is 21.3 Å². The molecule has 0 saturated carbocycles. The van der Waals surface area contributed by atoms with E-state index in [0.717, 1.165) is 6.07 Å². The van der Waals surface area contributed by atoms with Crippen LogP contribution in [-0.2, 0) is 12.7 Å². The molecular weight excluding hydrogens is 302 g/mol. The Kier molecular flexibility index (Phi) is 3.76. The van der Waals surface area contributed by atoms with Gasteiger partial charge in [0.1, 0.15) is 5.82 Å². The van der Waals surface area contributed by atoms with E-state index in [2.05, 4.69) is 10.3 Å². The van der Waals surface area contributed by atoms with Crippen LogP contribution >= 0.6 is 11.6 Å². The summed E-state index contributed by atoms with van der Waals surface area (Å²) in [6, 6.07) is 3.72. The van der Waals surface area contributed by atoms with E-state index in [0.29, 0.717) is 4.68 Å². The van der Waals surface area contributed by atoms with Crippen molar-refractivity contribution in [3.05, 3.63) is 46.0 Å². The molecule has 0 N–H and O–H groups in total. The molecule has 0 radical (unpaired) electrons. The van der Waals surface area contributed by atoms with E-state index in [-0.39, 0.29) is 16.9 Å². The van der Waals surface area contributed by atoms with Crippen LogP contribution in [0.25, 0.3) is 0 Å². The van der Waals surface area contributed by atoms with Crippen LogP contribution in [0.3, 0.4) is 0 Å². The lowest BCUT2D eigenvalue weighted by molar-refractivity contribution is -0.144. The lowest BCUT2D eigenvalue weighted by Gasteiger charge is -2.11. The number of benzene rings is 1. The summed E-state index contributed by atoms with van der Waals surface area (Å²) in [4.78, 5) is 10.6. The van der Waals surface area contributed by atoms with Gasteiger partial charge in [0.15, 0.2) is 17.7 Å². The van der Waals surface area contributed by atoms with Gasteiger partial charge in [-0.05, 0) is 12.1 Å². The second-order valence-corrected chi connectivity index (χ2v) is 4.20. The van der Waals surface area contributed by atoms with Gasteiger partial charge >= 0.3 is 6.18 Å². The van der Waals surface area contributed by atoms with Crippen LogP contribution in [0.5, 0.6) is 0 Å². The molecule has 0 atom stereocenters. The molecule has 0 aliphatic carbocycles. The molecule has 2 aromatic rings. The van der Waals surface area contributed by atoms with Crippen molar-refractivity contribution >= 4 is 17.9 Å². The molecule has 1 aromatic heterocycles. The SMILES string of the molecule is O=Cc1nnn(Cc2c(F)cccc2Cl)c1C(F)(F)F. The maximum Gasteiger partial charge on any atom is 0.435 e. The third kappa shape index (κ3) is 2.64. The molecule has 1 heterocycles. The highest BCUT2D eigenvalue weighted by molar-refractivity contribution is 6.31. The lowest BCUT2D eigenvalue weighted by atomic mass is 10.2. The number of halogens is 5. The second-order valence-electron chi connectivity index (χ2n) is 3.80. The number of aldehydes is 1. The molecule has 9 heteroatoms. The Morgan fingerprint density at radius 1 is 1.35 bits per heavy atom. The minimum absolute atomic E-state index is 0.0405. The van der Waals surface area contributed by atoms with Gasteiger partial charge in [-0.1, -0.05) is 22.9 Å². The Hall–Kier alpha value is -1.96. The summed E-state index contributed by atoms with van der Waals surface area (Å²) >= 11 is 5.73. The van der Waals surface area contributed by atoms with Crippen molar-refractivity contribution in [2.24, 2.45) is 0 Å². The van der Waals surface area contributed by atoms with Gasteiger partial charge < -0.3 is 0 Å². The second kappa shape index (κ2) is 5.20. The van der Waals surface area contributed by atoms with Crippen molar-refractivity contribution < 1.29 is 22.4 Å². The standard InChI is InChI=1S/C11H6ClF4N3O/c12-7-2-1-3-8(13)6(7)4-19-10(11(14,15)16)9(5-20)17-18-19/h1-3,5H,4H2. The molecule has 20 heavy (non-hydrogen) atoms. The third-order valence-corrected chi connectivity index (χ3v) is 2.86. The molecule has 0 spiro atoms. The molecule has 4 nitrogen and oxygen atoms in total. The van der Waals surface area contributed by atoms with Crippen LogP contribution in [0, 0.1) is 5.82 Å². The van der Waals surface area contributed by atoms with E-state index >= 15 is 0 Å². The highest BCUT2D eigenvalue weighted by Gasteiger charge is 2.39. The number of nitrogens with zero attached hydrogens (tertiary/aromatic N) is 3. The Morgan fingerprint density at radius 2 is 2.05 bits per heavy atom. The molecular formula is C11H6ClF4N3O. The average Bonchev–Trinajstić information content (AvgIpc) is 2.76. The molecule has 1 aromatic carbocycles. The van der Waals surface area contributed by atoms with Gasteiger partial charge in [0.25, 0.3) is 0 Å². The normalized spacial score (nSPS) is 11.7. The van der Waals surface area contributed by atoms with E-state index in [9.17, 15) is 22.4 Å². The number of carbonyl (C=O) groups excluding carboxylic acids is 1. The number of rotatable bonds is 3. The number of alkyl halides is 3. The summed E-state index contributed by atoms with van der Waals surface area (Å²) in [5.41, 5.74) is -2.36. The molecule has 0 bridgehead atoms. The highest BCUT2D eigenvalue weighted by Crippen LogP contribution is 2.31. The first-order chi connectivity index (χ1) is 9.34. The van der Waals surface area contributed by atoms with Crippen molar-refractivity contribution in [2.75, 3.05) is 0 Å². The molecule has 0 fully saturated rings. The fourth-order valence-corrected chi connectivity index (χ4v) is 1.86. The maximum absolute atomic E-state index is 13.6. The Balaban J connectivity index is 2.50. The van der Waals surface area contributed by atoms with Gasteiger partial charge in [-0.3, -0.25) is 4.79 Å². The molecule has 2 rings (SSSR count). The largest absolute Gasteiger partial charge is 0.435 e. The van der Waals surface area contributed by atoms with E-state index in [1.54, 1.807) is 0 Å². The third-order valence-electron chi connectivity index (χ3n) is 2.51. The van der Waals surface area contributed by atoms with Crippen molar-refractivity contribution in [2.45, 2.75) is 12.7 Å². The Morgan fingerprint density at radius 3 is 2.60 bits per heavy atom. The summed E-state index contributed by atoms with van der Waals surface area (Å²) in [7, 11) is 0. The van der Waals surface area contributed by atoms with Gasteiger partial charge in [-0.25, -0.2) is 9.07 Å². The first-order valence-corrected chi connectivity index (χ1v) is 5.61. The summed E-state index contributed by atoms with van der Waals surface area (Å²) < 4.78 is 52.5. The Bertz CT molecular complexity index is 633.